The zero-order chi connectivity index (χ0) is 57.6. The van der Waals surface area contributed by atoms with Gasteiger partial charge < -0.3 is 20.1 Å². The Balaban J connectivity index is 0.819. The molecule has 2 N–H and O–H groups in total. The first-order valence-electron chi connectivity index (χ1n) is 26.9. The Labute approximate surface area is 495 Å². The fourth-order valence-corrected chi connectivity index (χ4v) is 13.8. The minimum absolute atomic E-state index is 0.0235. The number of hydrogen-bond donors (Lipinski definition) is 2. The molecule has 0 aliphatic carbocycles. The highest BCUT2D eigenvalue weighted by atomic mass is 32.2. The summed E-state index contributed by atoms with van der Waals surface area (Å²) >= 11 is 3.87. The van der Waals surface area contributed by atoms with Crippen molar-refractivity contribution in [3.63, 3.8) is 0 Å². The summed E-state index contributed by atoms with van der Waals surface area (Å²) in [5, 5.41) is 16.1. The Morgan fingerprint density at radius 3 is 1.63 bits per heavy atom. The quantitative estimate of drug-likeness (QED) is 0.0182. The number of esters is 2. The first-order chi connectivity index (χ1) is 41.2. The predicted octanol–water partition coefficient (Wildman–Crippen LogP) is 11.8. The third-order valence-electron chi connectivity index (χ3n) is 14.5. The molecule has 416 valence electrons. The molecule has 12 rings (SSSR count). The second-order valence-corrected chi connectivity index (χ2v) is 22.8. The van der Waals surface area contributed by atoms with Crippen LogP contribution in [0.15, 0.2) is 245 Å². The number of thioether (sulfide) groups is 2. The van der Waals surface area contributed by atoms with Crippen LogP contribution >= 0.6 is 34.9 Å². The van der Waals surface area contributed by atoms with Crippen molar-refractivity contribution >= 4 is 69.5 Å². The summed E-state index contributed by atoms with van der Waals surface area (Å²) in [6.45, 7) is 1.80. The molecule has 0 radical (unpaired) electrons. The molecule has 5 heterocycles. The van der Waals surface area contributed by atoms with Crippen LogP contribution in [-0.4, -0.2) is 76.1 Å². The zero-order valence-corrected chi connectivity index (χ0v) is 47.3. The van der Waals surface area contributed by atoms with Crippen molar-refractivity contribution in [1.29, 1.82) is 0 Å². The number of anilines is 1. The molecule has 3 aromatic heterocycles. The Morgan fingerprint density at radius 2 is 1.14 bits per heavy atom. The number of β-lactam (4-membered cyclic amide) rings is 1. The molecule has 84 heavy (non-hydrogen) atoms. The molecular weight excluding hydrogens is 1110 g/mol. The van der Waals surface area contributed by atoms with Crippen LogP contribution in [0.1, 0.15) is 79.2 Å². The molecular formula is C65H51N9O7S3. The number of nitrogens with one attached hydrogen (secondary N) is 2. The van der Waals surface area contributed by atoms with E-state index in [2.05, 4.69) is 30.9 Å². The SMILES string of the molecule is Cc1cc(SCC2=C(C(=O)OC(c3ccccc3)c3ccccc3)N3C(=O)[C@@H](NC(=O)C(N=O)c4csc(NC(c5ccccc5)(c5ccccc5)c5ccccc5)n4)[C@H]3SC2)n2nc(C(=O)OC(c3ccccc3)c3ccccc3)nc2n1. The van der Waals surface area contributed by atoms with E-state index in [9.17, 15) is 19.3 Å². The third-order valence-corrected chi connectivity index (χ3v) is 17.6. The van der Waals surface area contributed by atoms with E-state index in [1.54, 1.807) is 18.4 Å². The lowest BCUT2D eigenvalue weighted by Crippen LogP contribution is -2.71. The average Bonchev–Trinajstić information content (AvgIpc) is 3.03. The van der Waals surface area contributed by atoms with Crippen molar-refractivity contribution in [3.8, 4) is 0 Å². The summed E-state index contributed by atoms with van der Waals surface area (Å²) in [7, 11) is 0. The average molecular weight is 1170 g/mol. The lowest BCUT2D eigenvalue weighted by atomic mass is 9.77. The molecule has 10 aromatic rings. The number of aryl methyl sites for hydroxylation is 1. The van der Waals surface area contributed by atoms with Gasteiger partial charge in [-0.15, -0.1) is 44.9 Å². The van der Waals surface area contributed by atoms with Crippen LogP contribution in [-0.2, 0) is 29.4 Å². The van der Waals surface area contributed by atoms with Gasteiger partial charge in [0.2, 0.25) is 6.04 Å². The number of thiazole rings is 1. The Bertz CT molecular complexity index is 3860. The van der Waals surface area contributed by atoms with Gasteiger partial charge in [0.05, 0.1) is 5.69 Å². The molecule has 2 aliphatic heterocycles. The summed E-state index contributed by atoms with van der Waals surface area (Å²) in [6.07, 6.45) is -1.59. The van der Waals surface area contributed by atoms with Crippen molar-refractivity contribution in [2.75, 3.05) is 16.8 Å². The second-order valence-electron chi connectivity index (χ2n) is 19.8. The maximum atomic E-state index is 15.1. The highest BCUT2D eigenvalue weighted by Crippen LogP contribution is 2.45. The van der Waals surface area contributed by atoms with Gasteiger partial charge in [0.1, 0.15) is 27.7 Å². The van der Waals surface area contributed by atoms with Crippen molar-refractivity contribution in [2.24, 2.45) is 5.18 Å². The Hall–Kier alpha value is -9.56. The number of benzene rings is 7. The lowest BCUT2D eigenvalue weighted by Gasteiger charge is -2.50. The van der Waals surface area contributed by atoms with Gasteiger partial charge in [-0.3, -0.25) is 14.5 Å². The molecule has 1 unspecified atom stereocenters. The molecule has 16 nitrogen and oxygen atoms in total. The van der Waals surface area contributed by atoms with Crippen molar-refractivity contribution in [1.82, 2.24) is 34.8 Å². The molecule has 1 saturated heterocycles. The number of aromatic nitrogens is 5. The number of hydrogen-bond acceptors (Lipinski definition) is 16. The highest BCUT2D eigenvalue weighted by Gasteiger charge is 2.55. The molecule has 0 saturated carbocycles. The van der Waals surface area contributed by atoms with Gasteiger partial charge in [-0.2, -0.15) is 9.50 Å². The first-order valence-corrected chi connectivity index (χ1v) is 29.8. The largest absolute Gasteiger partial charge is 0.448 e. The number of nitrogens with zero attached hydrogens (tertiary/aromatic N) is 7. The maximum absolute atomic E-state index is 15.1. The van der Waals surface area contributed by atoms with Crippen molar-refractivity contribution in [3.05, 3.63) is 296 Å². The van der Waals surface area contributed by atoms with Crippen molar-refractivity contribution in [2.45, 2.75) is 47.2 Å². The maximum Gasteiger partial charge on any atom is 0.379 e. The highest BCUT2D eigenvalue weighted by molar-refractivity contribution is 8.01. The molecule has 0 spiro atoms. The van der Waals surface area contributed by atoms with E-state index in [0.29, 0.717) is 32.6 Å². The molecule has 19 heteroatoms. The predicted molar refractivity (Wildman–Crippen MR) is 323 cm³/mol. The normalized spacial score (nSPS) is 15.3. The van der Waals surface area contributed by atoms with E-state index in [0.717, 1.165) is 27.8 Å². The fourth-order valence-electron chi connectivity index (χ4n) is 10.5. The fraction of sp³-hybridized carbons (Fsp3) is 0.138. The zero-order valence-electron chi connectivity index (χ0n) is 44.9. The van der Waals surface area contributed by atoms with E-state index in [1.807, 2.05) is 212 Å². The summed E-state index contributed by atoms with van der Waals surface area (Å²) < 4.78 is 14.0. The number of fused-ring (bicyclic) bond motifs is 2. The van der Waals surface area contributed by atoms with Gasteiger partial charge in [-0.05, 0) is 62.7 Å². The number of rotatable bonds is 20. The van der Waals surface area contributed by atoms with Crippen LogP contribution in [0.4, 0.5) is 5.13 Å². The van der Waals surface area contributed by atoms with E-state index in [4.69, 9.17) is 14.5 Å². The number of ether oxygens (including phenoxy) is 2. The standard InChI is InChI=1S/C65H51N9O7S3/c1-41-37-51(74-63(66-41)69-57(71-74)62(78)81-56(44-27-13-4-14-28-44)45-29-15-5-16-30-45)82-38-46-39-83-60-53(59(76)73(60)54(46)61(77)80-55(42-23-9-2-10-24-42)43-25-11-3-12-26-43)68-58(75)52(72-79)50-40-84-64(67-50)70-65(47-31-17-6-18-32-47,48-33-19-7-20-34-48)49-35-21-8-22-36-49/h2-37,40,52-53,55-56,60H,38-39H2,1H3,(H,67,70)(H,68,75)/t52?,53-,60-/m1/s1. The van der Waals surface area contributed by atoms with Crippen LogP contribution < -0.4 is 10.6 Å². The number of carbonyl (C=O) groups is 4. The first kappa shape index (κ1) is 55.0. The smallest absolute Gasteiger partial charge is 0.379 e. The third kappa shape index (κ3) is 11.1. The summed E-state index contributed by atoms with van der Waals surface area (Å²) in [4.78, 5) is 86.0. The molecule has 2 aliphatic rings. The van der Waals surface area contributed by atoms with E-state index in [1.165, 1.54) is 44.3 Å². The Morgan fingerprint density at radius 1 is 0.667 bits per heavy atom. The molecule has 1 fully saturated rings. The van der Waals surface area contributed by atoms with E-state index >= 15 is 4.79 Å². The van der Waals surface area contributed by atoms with Gasteiger partial charge in [0.25, 0.3) is 23.4 Å². The molecule has 3 atom stereocenters. The van der Waals surface area contributed by atoms with Gasteiger partial charge in [0.15, 0.2) is 17.3 Å². The topological polar surface area (TPSA) is 199 Å². The van der Waals surface area contributed by atoms with E-state index in [-0.39, 0.29) is 34.5 Å². The molecule has 0 bridgehead atoms. The number of carbonyl (C=O) groups excluding carboxylic acids is 4. The minimum Gasteiger partial charge on any atom is -0.448 e. The lowest BCUT2D eigenvalue weighted by molar-refractivity contribution is -0.154. The second kappa shape index (κ2) is 24.5. The summed E-state index contributed by atoms with van der Waals surface area (Å²) in [5.41, 5.74) is 6.08. The van der Waals surface area contributed by atoms with Gasteiger partial charge in [-0.25, -0.2) is 19.6 Å². The van der Waals surface area contributed by atoms with Crippen LogP contribution in [0, 0.1) is 11.8 Å². The minimum atomic E-state index is -1.62. The number of nitroso groups, excluding NO2 is 1. The number of amides is 2. The van der Waals surface area contributed by atoms with Crippen LogP contribution in [0.3, 0.4) is 0 Å². The van der Waals surface area contributed by atoms with Crippen LogP contribution in [0.2, 0.25) is 0 Å². The summed E-state index contributed by atoms with van der Waals surface area (Å²) in [5.74, 6) is -2.56. The van der Waals surface area contributed by atoms with Crippen LogP contribution in [0.5, 0.6) is 0 Å². The van der Waals surface area contributed by atoms with Gasteiger partial charge >= 0.3 is 11.9 Å². The van der Waals surface area contributed by atoms with Crippen LogP contribution in [0.25, 0.3) is 5.78 Å². The van der Waals surface area contributed by atoms with E-state index < -0.39 is 59.0 Å². The Kier molecular flexibility index (Phi) is 16.0. The molecule has 7 aromatic carbocycles. The monoisotopic (exact) mass is 1170 g/mol. The van der Waals surface area contributed by atoms with Gasteiger partial charge in [-0.1, -0.05) is 212 Å². The summed E-state index contributed by atoms with van der Waals surface area (Å²) in [6, 6.07) is 66.3. The van der Waals surface area contributed by atoms with Crippen molar-refractivity contribution < 1.29 is 28.7 Å². The van der Waals surface area contributed by atoms with Gasteiger partial charge in [0, 0.05) is 22.6 Å². The molecule has 2 amide bonds.